The van der Waals surface area contributed by atoms with Crippen LogP contribution >= 0.6 is 0 Å². The molecule has 4 N–H and O–H groups in total. The van der Waals surface area contributed by atoms with Crippen molar-refractivity contribution in [2.24, 2.45) is 0 Å². The molecule has 12 heteroatoms. The Morgan fingerprint density at radius 2 is 1.50 bits per heavy atom. The van der Waals surface area contributed by atoms with Crippen LogP contribution in [-0.2, 0) is 17.9 Å². The summed E-state index contributed by atoms with van der Waals surface area (Å²) in [5, 5.41) is 0.625. The lowest BCUT2D eigenvalue weighted by molar-refractivity contribution is 0.0472. The summed E-state index contributed by atoms with van der Waals surface area (Å²) in [6, 6.07) is 22.3. The maximum Gasteiger partial charge on any atom is 0.420 e. The molecule has 0 aliphatic rings. The summed E-state index contributed by atoms with van der Waals surface area (Å²) in [6.45, 7) is 2.06. The van der Waals surface area contributed by atoms with Crippen molar-refractivity contribution in [2.45, 2.75) is 20.1 Å². The van der Waals surface area contributed by atoms with E-state index in [4.69, 9.17) is 35.2 Å². The number of aryl methyl sites for hydroxylation is 1. The molecule has 0 saturated heterocycles. The van der Waals surface area contributed by atoms with Gasteiger partial charge in [-0.15, -0.1) is 0 Å². The van der Waals surface area contributed by atoms with E-state index in [0.29, 0.717) is 39.4 Å². The number of fused-ring (bicyclic) bond motifs is 1. The second-order valence-electron chi connectivity index (χ2n) is 10.1. The predicted octanol–water partition coefficient (Wildman–Crippen LogP) is 5.69. The molecule has 0 aliphatic carbocycles. The van der Waals surface area contributed by atoms with E-state index in [2.05, 4.69) is 9.97 Å². The Bertz CT molecular complexity index is 1860. The van der Waals surface area contributed by atoms with Gasteiger partial charge in [-0.1, -0.05) is 36.4 Å². The quantitative estimate of drug-likeness (QED) is 0.184. The second kappa shape index (κ2) is 13.7. The number of benzene rings is 4. The van der Waals surface area contributed by atoms with Gasteiger partial charge in [0.1, 0.15) is 18.2 Å². The molecule has 1 aromatic heterocycles. The lowest BCUT2D eigenvalue weighted by Crippen LogP contribution is -2.33. The second-order valence-corrected chi connectivity index (χ2v) is 10.1. The molecule has 0 spiro atoms. The number of carbonyl (C=O) groups excluding carboxylic acids is 2. The molecule has 0 atom stereocenters. The molecule has 0 radical (unpaired) electrons. The normalized spacial score (nSPS) is 10.7. The number of ether oxygens (including phenoxy) is 5. The Balaban J connectivity index is 1.45. The van der Waals surface area contributed by atoms with Crippen LogP contribution in [-0.4, -0.2) is 43.4 Å². The van der Waals surface area contributed by atoms with Crippen molar-refractivity contribution < 1.29 is 33.3 Å². The van der Waals surface area contributed by atoms with Crippen LogP contribution in [0.25, 0.3) is 10.9 Å². The zero-order valence-corrected chi connectivity index (χ0v) is 25.8. The molecule has 12 nitrogen and oxygen atoms in total. The molecule has 0 aliphatic heterocycles. The van der Waals surface area contributed by atoms with E-state index in [0.717, 1.165) is 16.7 Å². The third-order valence-corrected chi connectivity index (χ3v) is 7.30. The highest BCUT2D eigenvalue weighted by molar-refractivity contribution is 5.94. The highest BCUT2D eigenvalue weighted by atomic mass is 16.6. The van der Waals surface area contributed by atoms with Crippen LogP contribution in [0.3, 0.4) is 0 Å². The zero-order chi connectivity index (χ0) is 32.8. The fourth-order valence-corrected chi connectivity index (χ4v) is 4.93. The molecule has 236 valence electrons. The van der Waals surface area contributed by atoms with Crippen molar-refractivity contribution in [2.75, 3.05) is 37.7 Å². The number of rotatable bonds is 10. The molecule has 1 amide bonds. The van der Waals surface area contributed by atoms with E-state index < -0.39 is 12.1 Å². The van der Waals surface area contributed by atoms with Crippen molar-refractivity contribution in [3.63, 3.8) is 0 Å². The van der Waals surface area contributed by atoms with Crippen LogP contribution in [0.4, 0.5) is 22.2 Å². The summed E-state index contributed by atoms with van der Waals surface area (Å²) < 4.78 is 27.7. The van der Waals surface area contributed by atoms with Crippen molar-refractivity contribution in [1.29, 1.82) is 0 Å². The SMILES string of the molecule is COc1cc(N(Cc2ccc3nc(N)nc(N)c3c2C)C(=O)Oc2ccc(C(=O)OCc3ccccc3)cc2)cc(OC)c1OC. The third kappa shape index (κ3) is 6.70. The van der Waals surface area contributed by atoms with Gasteiger partial charge in [0.15, 0.2) is 11.5 Å². The van der Waals surface area contributed by atoms with Crippen molar-refractivity contribution in [3.8, 4) is 23.0 Å². The Labute approximate surface area is 265 Å². The minimum absolute atomic E-state index is 0.0625. The van der Waals surface area contributed by atoms with E-state index in [1.165, 1.54) is 50.5 Å². The molecule has 1 heterocycles. The highest BCUT2D eigenvalue weighted by Gasteiger charge is 2.25. The number of aromatic nitrogens is 2. The maximum atomic E-state index is 13.9. The van der Waals surface area contributed by atoms with Crippen LogP contribution in [0, 0.1) is 6.92 Å². The summed E-state index contributed by atoms with van der Waals surface area (Å²) in [7, 11) is 4.46. The summed E-state index contributed by atoms with van der Waals surface area (Å²) in [5.74, 6) is 1.05. The van der Waals surface area contributed by atoms with Gasteiger partial charge in [0.25, 0.3) is 0 Å². The van der Waals surface area contributed by atoms with Gasteiger partial charge in [0.05, 0.1) is 44.6 Å². The highest BCUT2D eigenvalue weighted by Crippen LogP contribution is 2.42. The third-order valence-electron chi connectivity index (χ3n) is 7.30. The maximum absolute atomic E-state index is 13.9. The lowest BCUT2D eigenvalue weighted by atomic mass is 10.0. The van der Waals surface area contributed by atoms with Crippen LogP contribution in [0.5, 0.6) is 23.0 Å². The van der Waals surface area contributed by atoms with Crippen molar-refractivity contribution in [3.05, 3.63) is 101 Å². The first-order valence-electron chi connectivity index (χ1n) is 14.1. The number of hydrogen-bond donors (Lipinski definition) is 2. The molecule has 0 unspecified atom stereocenters. The molecule has 0 fully saturated rings. The number of methoxy groups -OCH3 is 3. The molecule has 46 heavy (non-hydrogen) atoms. The van der Waals surface area contributed by atoms with Gasteiger partial charge < -0.3 is 35.2 Å². The zero-order valence-electron chi connectivity index (χ0n) is 25.8. The molecule has 0 bridgehead atoms. The molecular formula is C34H33N5O7. The van der Waals surface area contributed by atoms with Gasteiger partial charge in [-0.05, 0) is 53.9 Å². The van der Waals surface area contributed by atoms with Crippen LogP contribution in [0.15, 0.2) is 78.9 Å². The fourth-order valence-electron chi connectivity index (χ4n) is 4.93. The number of nitrogen functional groups attached to an aromatic ring is 2. The number of amides is 1. The van der Waals surface area contributed by atoms with Crippen molar-refractivity contribution >= 4 is 40.4 Å². The number of nitrogens with two attached hydrogens (primary N) is 2. The smallest absolute Gasteiger partial charge is 0.420 e. The topological polar surface area (TPSA) is 161 Å². The van der Waals surface area contributed by atoms with E-state index in [-0.39, 0.29) is 30.7 Å². The summed E-state index contributed by atoms with van der Waals surface area (Å²) in [6.07, 6.45) is -0.713. The van der Waals surface area contributed by atoms with E-state index in [9.17, 15) is 9.59 Å². The predicted molar refractivity (Wildman–Crippen MR) is 173 cm³/mol. The van der Waals surface area contributed by atoms with Gasteiger partial charge in [-0.25, -0.2) is 14.6 Å². The first-order valence-corrected chi connectivity index (χ1v) is 14.1. The Morgan fingerprint density at radius 1 is 0.826 bits per heavy atom. The number of anilines is 3. The Morgan fingerprint density at radius 3 is 2.13 bits per heavy atom. The number of nitrogens with zero attached hydrogens (tertiary/aromatic N) is 3. The average Bonchev–Trinajstić information content (AvgIpc) is 3.06. The van der Waals surface area contributed by atoms with Gasteiger partial charge in [-0.3, -0.25) is 4.90 Å². The van der Waals surface area contributed by atoms with E-state index in [1.54, 1.807) is 18.2 Å². The first-order chi connectivity index (χ1) is 22.2. The average molecular weight is 624 g/mol. The number of carbonyl (C=O) groups is 2. The van der Waals surface area contributed by atoms with Gasteiger partial charge in [0, 0.05) is 17.5 Å². The van der Waals surface area contributed by atoms with E-state index in [1.807, 2.05) is 43.3 Å². The van der Waals surface area contributed by atoms with E-state index >= 15 is 0 Å². The Kier molecular flexibility index (Phi) is 9.36. The van der Waals surface area contributed by atoms with Crippen LogP contribution in [0.1, 0.15) is 27.0 Å². The largest absolute Gasteiger partial charge is 0.493 e. The molecule has 5 rings (SSSR count). The van der Waals surface area contributed by atoms with Crippen LogP contribution in [0.2, 0.25) is 0 Å². The summed E-state index contributed by atoms with van der Waals surface area (Å²) in [4.78, 5) is 36.3. The Hall–Kier alpha value is -6.04. The minimum atomic E-state index is -0.713. The summed E-state index contributed by atoms with van der Waals surface area (Å²) >= 11 is 0. The lowest BCUT2D eigenvalue weighted by Gasteiger charge is -2.25. The van der Waals surface area contributed by atoms with Crippen molar-refractivity contribution in [1.82, 2.24) is 9.97 Å². The van der Waals surface area contributed by atoms with Gasteiger partial charge in [0.2, 0.25) is 11.7 Å². The number of esters is 1. The fraction of sp³-hybridized carbons (Fsp3) is 0.176. The molecule has 5 aromatic rings. The monoisotopic (exact) mass is 623 g/mol. The molecular weight excluding hydrogens is 590 g/mol. The molecule has 0 saturated carbocycles. The summed E-state index contributed by atoms with van der Waals surface area (Å²) in [5.41, 5.74) is 15.7. The first kappa shape index (κ1) is 31.4. The van der Waals surface area contributed by atoms with Gasteiger partial charge >= 0.3 is 12.1 Å². The number of hydrogen-bond acceptors (Lipinski definition) is 11. The van der Waals surface area contributed by atoms with Crippen LogP contribution < -0.4 is 35.3 Å². The minimum Gasteiger partial charge on any atom is -0.493 e. The van der Waals surface area contributed by atoms with Gasteiger partial charge in [-0.2, -0.15) is 4.98 Å². The molecule has 4 aromatic carbocycles. The standard InChI is InChI=1S/C34H33N5O7/c1-20-23(12-15-26-29(20)31(35)38-33(36)37-26)18-39(24-16-27(42-2)30(44-4)28(17-24)43-3)34(41)46-25-13-10-22(11-14-25)32(40)45-19-21-8-6-5-7-9-21/h5-17H,18-19H2,1-4H3,(H4,35,36,37,38).